The zero-order chi connectivity index (χ0) is 11.3. The molecular formula is C9H17N5O. The lowest BCUT2D eigenvalue weighted by molar-refractivity contribution is 0.211. The van der Waals surface area contributed by atoms with Crippen LogP contribution in [0, 0.1) is 0 Å². The molecule has 2 amide bonds. The zero-order valence-electron chi connectivity index (χ0n) is 9.40. The molecule has 1 aromatic rings. The topological polar surface area (TPSA) is 63.1 Å². The number of urea groups is 1. The van der Waals surface area contributed by atoms with Crippen LogP contribution < -0.4 is 5.32 Å². The van der Waals surface area contributed by atoms with E-state index in [0.717, 1.165) is 5.82 Å². The Kier molecular flexibility index (Phi) is 4.08. The number of amides is 2. The second-order valence-electron chi connectivity index (χ2n) is 3.35. The van der Waals surface area contributed by atoms with Crippen LogP contribution in [0.5, 0.6) is 0 Å². The molecule has 0 aliphatic carbocycles. The maximum absolute atomic E-state index is 11.4. The second kappa shape index (κ2) is 5.33. The van der Waals surface area contributed by atoms with Crippen molar-refractivity contribution in [3.05, 3.63) is 12.2 Å². The van der Waals surface area contributed by atoms with Gasteiger partial charge in [-0.3, -0.25) is 0 Å². The molecule has 15 heavy (non-hydrogen) atoms. The summed E-state index contributed by atoms with van der Waals surface area (Å²) >= 11 is 0. The fraction of sp³-hybridized carbons (Fsp3) is 0.667. The van der Waals surface area contributed by atoms with Gasteiger partial charge in [-0.05, 0) is 6.92 Å². The Labute approximate surface area is 89.3 Å². The minimum absolute atomic E-state index is 0.0559. The molecule has 0 saturated carbocycles. The van der Waals surface area contributed by atoms with Crippen LogP contribution in [0.1, 0.15) is 12.7 Å². The van der Waals surface area contributed by atoms with E-state index in [2.05, 4.69) is 15.5 Å². The number of hydrogen-bond donors (Lipinski definition) is 1. The van der Waals surface area contributed by atoms with E-state index >= 15 is 0 Å². The first kappa shape index (κ1) is 11.5. The van der Waals surface area contributed by atoms with Crippen LogP contribution >= 0.6 is 0 Å². The van der Waals surface area contributed by atoms with Gasteiger partial charge in [-0.25, -0.2) is 4.79 Å². The molecule has 0 atom stereocenters. The van der Waals surface area contributed by atoms with E-state index in [1.165, 1.54) is 0 Å². The largest absolute Gasteiger partial charge is 0.338 e. The quantitative estimate of drug-likeness (QED) is 0.763. The molecule has 0 unspecified atom stereocenters. The highest BCUT2D eigenvalue weighted by Gasteiger charge is 2.05. The van der Waals surface area contributed by atoms with E-state index in [4.69, 9.17) is 0 Å². The highest BCUT2D eigenvalue weighted by atomic mass is 16.2. The maximum Gasteiger partial charge on any atom is 0.317 e. The van der Waals surface area contributed by atoms with Crippen molar-refractivity contribution in [3.63, 3.8) is 0 Å². The summed E-state index contributed by atoms with van der Waals surface area (Å²) < 4.78 is 1.84. The predicted molar refractivity (Wildman–Crippen MR) is 56.4 cm³/mol. The van der Waals surface area contributed by atoms with Crippen molar-refractivity contribution >= 4 is 6.03 Å². The van der Waals surface area contributed by atoms with Crippen molar-refractivity contribution in [2.45, 2.75) is 13.3 Å². The monoisotopic (exact) mass is 211 g/mol. The van der Waals surface area contributed by atoms with Crippen LogP contribution in [0.3, 0.4) is 0 Å². The number of carbonyl (C=O) groups is 1. The Hall–Kier alpha value is -1.59. The lowest BCUT2D eigenvalue weighted by Crippen LogP contribution is -2.38. The van der Waals surface area contributed by atoms with E-state index in [1.54, 1.807) is 18.3 Å². The van der Waals surface area contributed by atoms with E-state index in [-0.39, 0.29) is 6.03 Å². The molecule has 0 aliphatic rings. The van der Waals surface area contributed by atoms with Gasteiger partial charge in [-0.15, -0.1) is 10.2 Å². The van der Waals surface area contributed by atoms with Gasteiger partial charge in [0.1, 0.15) is 12.2 Å². The molecule has 1 N–H and O–H groups in total. The lowest BCUT2D eigenvalue weighted by Gasteiger charge is -2.15. The predicted octanol–water partition coefficient (Wildman–Crippen LogP) is 0.0189. The molecule has 0 saturated heterocycles. The number of aromatic nitrogens is 3. The Morgan fingerprint density at radius 2 is 2.40 bits per heavy atom. The number of nitrogens with one attached hydrogen (secondary N) is 1. The fourth-order valence-electron chi connectivity index (χ4n) is 1.09. The number of aryl methyl sites for hydroxylation is 1. The molecule has 0 radical (unpaired) electrons. The summed E-state index contributed by atoms with van der Waals surface area (Å²) in [6, 6.07) is -0.0559. The second-order valence-corrected chi connectivity index (χ2v) is 3.35. The van der Waals surface area contributed by atoms with Crippen molar-refractivity contribution in [1.82, 2.24) is 25.0 Å². The Morgan fingerprint density at radius 3 is 2.93 bits per heavy atom. The fourth-order valence-corrected chi connectivity index (χ4v) is 1.09. The summed E-state index contributed by atoms with van der Waals surface area (Å²) in [4.78, 5) is 13.0. The number of rotatable bonds is 4. The summed E-state index contributed by atoms with van der Waals surface area (Å²) in [5, 5.41) is 10.5. The van der Waals surface area contributed by atoms with Crippen LogP contribution in [0.15, 0.2) is 6.33 Å². The van der Waals surface area contributed by atoms with Gasteiger partial charge in [0.2, 0.25) is 0 Å². The van der Waals surface area contributed by atoms with Crippen LogP contribution in [-0.2, 0) is 13.5 Å². The first-order valence-corrected chi connectivity index (χ1v) is 4.97. The molecule has 0 aliphatic heterocycles. The minimum Gasteiger partial charge on any atom is -0.338 e. The van der Waals surface area contributed by atoms with E-state index in [1.807, 2.05) is 18.5 Å². The first-order chi connectivity index (χ1) is 7.15. The van der Waals surface area contributed by atoms with Crippen LogP contribution in [-0.4, -0.2) is 45.8 Å². The summed E-state index contributed by atoms with van der Waals surface area (Å²) in [6.45, 7) is 3.22. The van der Waals surface area contributed by atoms with Crippen molar-refractivity contribution in [2.75, 3.05) is 20.1 Å². The highest BCUT2D eigenvalue weighted by molar-refractivity contribution is 5.73. The molecule has 1 rings (SSSR count). The van der Waals surface area contributed by atoms with Crippen molar-refractivity contribution in [1.29, 1.82) is 0 Å². The molecule has 0 bridgehead atoms. The molecular weight excluding hydrogens is 194 g/mol. The lowest BCUT2D eigenvalue weighted by atomic mass is 10.4. The van der Waals surface area contributed by atoms with E-state index in [0.29, 0.717) is 19.5 Å². The van der Waals surface area contributed by atoms with Gasteiger partial charge in [-0.1, -0.05) is 0 Å². The van der Waals surface area contributed by atoms with Gasteiger partial charge in [0.15, 0.2) is 0 Å². The van der Waals surface area contributed by atoms with E-state index in [9.17, 15) is 4.79 Å². The van der Waals surface area contributed by atoms with Crippen LogP contribution in [0.25, 0.3) is 0 Å². The first-order valence-electron chi connectivity index (χ1n) is 4.97. The molecule has 1 aromatic heterocycles. The van der Waals surface area contributed by atoms with Crippen LogP contribution in [0.4, 0.5) is 4.79 Å². The number of nitrogens with zero attached hydrogens (tertiary/aromatic N) is 4. The van der Waals surface area contributed by atoms with Crippen molar-refractivity contribution < 1.29 is 4.79 Å². The third kappa shape index (κ3) is 3.23. The van der Waals surface area contributed by atoms with Gasteiger partial charge in [0.05, 0.1) is 0 Å². The van der Waals surface area contributed by atoms with E-state index < -0.39 is 0 Å². The van der Waals surface area contributed by atoms with Crippen molar-refractivity contribution in [2.24, 2.45) is 7.05 Å². The number of carbonyl (C=O) groups excluding carboxylic acids is 1. The molecule has 6 nitrogen and oxygen atoms in total. The average molecular weight is 211 g/mol. The zero-order valence-corrected chi connectivity index (χ0v) is 9.40. The molecule has 0 fully saturated rings. The summed E-state index contributed by atoms with van der Waals surface area (Å²) in [7, 11) is 3.65. The highest BCUT2D eigenvalue weighted by Crippen LogP contribution is 1.91. The standard InChI is InChI=1S/C9H17N5O/c1-4-13(2)9(15)10-6-5-8-12-11-7-14(8)3/h7H,4-6H2,1-3H3,(H,10,15). The molecule has 1 heterocycles. The smallest absolute Gasteiger partial charge is 0.317 e. The number of hydrogen-bond acceptors (Lipinski definition) is 3. The molecule has 6 heteroatoms. The van der Waals surface area contributed by atoms with Crippen LogP contribution in [0.2, 0.25) is 0 Å². The molecule has 0 aromatic carbocycles. The Morgan fingerprint density at radius 1 is 1.67 bits per heavy atom. The summed E-state index contributed by atoms with van der Waals surface area (Å²) in [5.74, 6) is 0.870. The van der Waals surface area contributed by atoms with Gasteiger partial charge in [0, 0.05) is 33.6 Å². The third-order valence-corrected chi connectivity index (χ3v) is 2.25. The normalized spacial score (nSPS) is 10.1. The van der Waals surface area contributed by atoms with Gasteiger partial charge in [-0.2, -0.15) is 0 Å². The molecule has 0 spiro atoms. The minimum atomic E-state index is -0.0559. The SMILES string of the molecule is CCN(C)C(=O)NCCc1nncn1C. The van der Waals surface area contributed by atoms with Gasteiger partial charge < -0.3 is 14.8 Å². The maximum atomic E-state index is 11.4. The third-order valence-electron chi connectivity index (χ3n) is 2.25. The summed E-state index contributed by atoms with van der Waals surface area (Å²) in [6.07, 6.45) is 2.34. The summed E-state index contributed by atoms with van der Waals surface area (Å²) in [5.41, 5.74) is 0. The van der Waals surface area contributed by atoms with Crippen molar-refractivity contribution in [3.8, 4) is 0 Å². The Balaban J connectivity index is 2.28. The van der Waals surface area contributed by atoms with Gasteiger partial charge >= 0.3 is 6.03 Å². The van der Waals surface area contributed by atoms with Gasteiger partial charge in [0.25, 0.3) is 0 Å². The molecule has 84 valence electrons. The average Bonchev–Trinajstić information content (AvgIpc) is 2.63. The Bertz CT molecular complexity index is 322.